The topological polar surface area (TPSA) is 52.3 Å². The van der Waals surface area contributed by atoms with E-state index in [1.54, 1.807) is 0 Å². The molecule has 0 fully saturated rings. The van der Waals surface area contributed by atoms with Crippen molar-refractivity contribution in [2.24, 2.45) is 11.7 Å². The second-order valence-electron chi connectivity index (χ2n) is 4.74. The lowest BCUT2D eigenvalue weighted by molar-refractivity contribution is -0.146. The third-order valence-electron chi connectivity index (χ3n) is 1.91. The summed E-state index contributed by atoms with van der Waals surface area (Å²) in [5.41, 5.74) is 5.23. The maximum atomic E-state index is 11.3. The molecule has 0 aromatic heterocycles. The van der Waals surface area contributed by atoms with Crippen molar-refractivity contribution >= 4 is 5.97 Å². The second kappa shape index (κ2) is 6.02. The quantitative estimate of drug-likeness (QED) is 0.669. The van der Waals surface area contributed by atoms with E-state index in [1.807, 2.05) is 13.8 Å². The maximum absolute atomic E-state index is 11.3. The number of esters is 1. The lowest BCUT2D eigenvalue weighted by Crippen LogP contribution is -2.35. The summed E-state index contributed by atoms with van der Waals surface area (Å²) in [6.45, 7) is 8.38. The van der Waals surface area contributed by atoms with Crippen molar-refractivity contribution < 1.29 is 9.53 Å². The standard InChI is InChI=1S/C11H23NO2/c1-5-6-9(2)8-14-10(13)7-11(3,4)12/h9H,5-8,12H2,1-4H3. The molecule has 1 atom stereocenters. The SMILES string of the molecule is CCCC(C)COC(=O)CC(C)(C)N. The average molecular weight is 201 g/mol. The summed E-state index contributed by atoms with van der Waals surface area (Å²) in [5, 5.41) is 0. The molecule has 0 aromatic carbocycles. The van der Waals surface area contributed by atoms with Crippen LogP contribution in [-0.4, -0.2) is 18.1 Å². The molecular weight excluding hydrogens is 178 g/mol. The Morgan fingerprint density at radius 2 is 2.07 bits per heavy atom. The summed E-state index contributed by atoms with van der Waals surface area (Å²) < 4.78 is 5.11. The lowest BCUT2D eigenvalue weighted by atomic mass is 10.0. The van der Waals surface area contributed by atoms with E-state index in [-0.39, 0.29) is 12.4 Å². The molecule has 0 aliphatic carbocycles. The van der Waals surface area contributed by atoms with Crippen LogP contribution >= 0.6 is 0 Å². The van der Waals surface area contributed by atoms with Gasteiger partial charge in [-0.2, -0.15) is 0 Å². The zero-order chi connectivity index (χ0) is 11.2. The highest BCUT2D eigenvalue weighted by Crippen LogP contribution is 2.08. The molecule has 1 unspecified atom stereocenters. The van der Waals surface area contributed by atoms with Crippen LogP contribution in [0.25, 0.3) is 0 Å². The zero-order valence-corrected chi connectivity index (χ0v) is 9.80. The summed E-state index contributed by atoms with van der Waals surface area (Å²) in [4.78, 5) is 11.3. The van der Waals surface area contributed by atoms with Gasteiger partial charge in [-0.1, -0.05) is 20.3 Å². The normalized spacial score (nSPS) is 13.8. The molecule has 3 heteroatoms. The van der Waals surface area contributed by atoms with E-state index in [1.165, 1.54) is 0 Å². The maximum Gasteiger partial charge on any atom is 0.307 e. The molecule has 14 heavy (non-hydrogen) atoms. The van der Waals surface area contributed by atoms with Crippen LogP contribution in [0, 0.1) is 5.92 Å². The Bertz CT molecular complexity index is 173. The number of hydrogen-bond donors (Lipinski definition) is 1. The molecule has 0 saturated heterocycles. The first-order valence-electron chi connectivity index (χ1n) is 5.29. The van der Waals surface area contributed by atoms with Crippen molar-refractivity contribution in [1.29, 1.82) is 0 Å². The first-order chi connectivity index (χ1) is 6.35. The molecule has 0 rings (SSSR count). The van der Waals surface area contributed by atoms with Crippen molar-refractivity contribution in [1.82, 2.24) is 0 Å². The van der Waals surface area contributed by atoms with Gasteiger partial charge in [0.25, 0.3) is 0 Å². The highest BCUT2D eigenvalue weighted by atomic mass is 16.5. The largest absolute Gasteiger partial charge is 0.465 e. The molecule has 84 valence electrons. The minimum atomic E-state index is -0.467. The third kappa shape index (κ3) is 8.05. The van der Waals surface area contributed by atoms with Crippen LogP contribution in [0.15, 0.2) is 0 Å². The van der Waals surface area contributed by atoms with Crippen LogP contribution in [-0.2, 0) is 9.53 Å². The molecule has 0 amide bonds. The number of hydrogen-bond acceptors (Lipinski definition) is 3. The number of carbonyl (C=O) groups excluding carboxylic acids is 1. The smallest absolute Gasteiger partial charge is 0.307 e. The van der Waals surface area contributed by atoms with Crippen molar-refractivity contribution in [3.8, 4) is 0 Å². The zero-order valence-electron chi connectivity index (χ0n) is 9.80. The molecule has 3 nitrogen and oxygen atoms in total. The fourth-order valence-corrected chi connectivity index (χ4v) is 1.23. The van der Waals surface area contributed by atoms with Gasteiger partial charge in [0.15, 0.2) is 0 Å². The van der Waals surface area contributed by atoms with E-state index in [0.717, 1.165) is 12.8 Å². The Morgan fingerprint density at radius 3 is 2.50 bits per heavy atom. The Hall–Kier alpha value is -0.570. The molecular formula is C11H23NO2. The Morgan fingerprint density at radius 1 is 1.50 bits per heavy atom. The van der Waals surface area contributed by atoms with E-state index in [2.05, 4.69) is 13.8 Å². The fourth-order valence-electron chi connectivity index (χ4n) is 1.23. The van der Waals surface area contributed by atoms with Crippen LogP contribution in [0.3, 0.4) is 0 Å². The first kappa shape index (κ1) is 13.4. The lowest BCUT2D eigenvalue weighted by Gasteiger charge is -2.18. The van der Waals surface area contributed by atoms with E-state index in [9.17, 15) is 4.79 Å². The Kier molecular flexibility index (Phi) is 5.77. The molecule has 0 saturated carbocycles. The molecule has 0 aliphatic heterocycles. The van der Waals surface area contributed by atoms with Crippen LogP contribution < -0.4 is 5.73 Å². The van der Waals surface area contributed by atoms with Gasteiger partial charge in [-0.05, 0) is 26.2 Å². The van der Waals surface area contributed by atoms with Crippen molar-refractivity contribution in [3.05, 3.63) is 0 Å². The van der Waals surface area contributed by atoms with Crippen molar-refractivity contribution in [2.75, 3.05) is 6.61 Å². The summed E-state index contributed by atoms with van der Waals surface area (Å²) in [6, 6.07) is 0. The van der Waals surface area contributed by atoms with Gasteiger partial charge < -0.3 is 10.5 Å². The molecule has 0 bridgehead atoms. The van der Waals surface area contributed by atoms with Crippen molar-refractivity contribution in [2.45, 2.75) is 52.5 Å². The van der Waals surface area contributed by atoms with Gasteiger partial charge in [0.2, 0.25) is 0 Å². The fraction of sp³-hybridized carbons (Fsp3) is 0.909. The minimum absolute atomic E-state index is 0.194. The first-order valence-corrected chi connectivity index (χ1v) is 5.29. The third-order valence-corrected chi connectivity index (χ3v) is 1.91. The highest BCUT2D eigenvalue weighted by molar-refractivity contribution is 5.70. The second-order valence-corrected chi connectivity index (χ2v) is 4.74. The molecule has 0 heterocycles. The summed E-state index contributed by atoms with van der Waals surface area (Å²) >= 11 is 0. The highest BCUT2D eigenvalue weighted by Gasteiger charge is 2.17. The molecule has 0 aliphatic rings. The predicted octanol–water partition coefficient (Wildman–Crippen LogP) is 2.09. The number of rotatable bonds is 6. The van der Waals surface area contributed by atoms with E-state index < -0.39 is 5.54 Å². The van der Waals surface area contributed by atoms with E-state index in [4.69, 9.17) is 10.5 Å². The van der Waals surface area contributed by atoms with Gasteiger partial charge >= 0.3 is 5.97 Å². The van der Waals surface area contributed by atoms with Gasteiger partial charge in [-0.25, -0.2) is 0 Å². The van der Waals surface area contributed by atoms with Crippen LogP contribution in [0.1, 0.15) is 47.0 Å². The van der Waals surface area contributed by atoms with Gasteiger partial charge in [0.1, 0.15) is 0 Å². The monoisotopic (exact) mass is 201 g/mol. The predicted molar refractivity (Wildman–Crippen MR) is 57.9 cm³/mol. The molecule has 0 radical (unpaired) electrons. The van der Waals surface area contributed by atoms with E-state index >= 15 is 0 Å². The van der Waals surface area contributed by atoms with Gasteiger partial charge in [0, 0.05) is 5.54 Å². The van der Waals surface area contributed by atoms with Gasteiger partial charge in [0.05, 0.1) is 13.0 Å². The number of ether oxygens (including phenoxy) is 1. The van der Waals surface area contributed by atoms with Crippen LogP contribution in [0.4, 0.5) is 0 Å². The molecule has 2 N–H and O–H groups in total. The molecule has 0 spiro atoms. The number of carbonyl (C=O) groups is 1. The van der Waals surface area contributed by atoms with Crippen LogP contribution in [0.5, 0.6) is 0 Å². The number of nitrogens with two attached hydrogens (primary N) is 1. The van der Waals surface area contributed by atoms with E-state index in [0.29, 0.717) is 12.5 Å². The minimum Gasteiger partial charge on any atom is -0.465 e. The Balaban J connectivity index is 3.64. The van der Waals surface area contributed by atoms with Gasteiger partial charge in [-0.15, -0.1) is 0 Å². The Labute approximate surface area is 87.0 Å². The average Bonchev–Trinajstić information content (AvgIpc) is 1.98. The van der Waals surface area contributed by atoms with Crippen LogP contribution in [0.2, 0.25) is 0 Å². The van der Waals surface area contributed by atoms with Crippen molar-refractivity contribution in [3.63, 3.8) is 0 Å². The summed E-state index contributed by atoms with van der Waals surface area (Å²) in [6.07, 6.45) is 2.51. The van der Waals surface area contributed by atoms with Gasteiger partial charge in [-0.3, -0.25) is 4.79 Å². The summed E-state index contributed by atoms with van der Waals surface area (Å²) in [5.74, 6) is 0.255. The molecule has 0 aromatic rings. The summed E-state index contributed by atoms with van der Waals surface area (Å²) in [7, 11) is 0.